The summed E-state index contributed by atoms with van der Waals surface area (Å²) >= 11 is 0. The fourth-order valence-corrected chi connectivity index (χ4v) is 4.56. The second-order valence-electron chi connectivity index (χ2n) is 8.67. The smallest absolute Gasteiger partial charge is 0.182 e. The summed E-state index contributed by atoms with van der Waals surface area (Å²) in [6.45, 7) is 3.85. The Morgan fingerprint density at radius 3 is 1.76 bits per heavy atom. The summed E-state index contributed by atoms with van der Waals surface area (Å²) in [4.78, 5) is 46.4. The molecule has 3 N–H and O–H groups in total. The number of hydrogen-bond acceptors (Lipinski definition) is 10. The van der Waals surface area contributed by atoms with Gasteiger partial charge in [-0.15, -0.1) is 0 Å². The number of piperidine rings is 2. The van der Waals surface area contributed by atoms with Crippen molar-refractivity contribution in [3.63, 3.8) is 0 Å². The molecular weight excluding hydrogens is 436 g/mol. The van der Waals surface area contributed by atoms with Crippen molar-refractivity contribution < 1.29 is 9.90 Å². The van der Waals surface area contributed by atoms with E-state index < -0.39 is 0 Å². The molecule has 0 atom stereocenters. The number of H-pyrrole nitrogens is 2. The molecule has 0 radical (unpaired) electrons. The highest BCUT2D eigenvalue weighted by Gasteiger charge is 2.22. The molecule has 0 unspecified atom stereocenters. The van der Waals surface area contributed by atoms with Gasteiger partial charge in [0.25, 0.3) is 0 Å². The van der Waals surface area contributed by atoms with Crippen LogP contribution in [0.4, 0.5) is 11.6 Å². The molecule has 0 spiro atoms. The number of carbonyl (C=O) groups excluding carboxylic acids is 1. The number of hydrogen-bond donors (Lipinski definition) is 3. The predicted octanol–water partition coefficient (Wildman–Crippen LogP) is 1.33. The van der Waals surface area contributed by atoms with Gasteiger partial charge in [-0.25, -0.2) is 29.9 Å². The molecule has 2 aliphatic heterocycles. The average molecular weight is 465 g/mol. The van der Waals surface area contributed by atoms with E-state index in [1.165, 1.54) is 6.33 Å². The van der Waals surface area contributed by atoms with Crippen molar-refractivity contribution in [3.05, 3.63) is 25.3 Å². The second kappa shape index (κ2) is 10.1. The minimum Gasteiger partial charge on any atom is -0.396 e. The van der Waals surface area contributed by atoms with Crippen molar-refractivity contribution in [2.75, 3.05) is 42.6 Å². The fourth-order valence-electron chi connectivity index (χ4n) is 4.56. The molecule has 0 bridgehead atoms. The molecule has 12 heteroatoms. The first-order valence-corrected chi connectivity index (χ1v) is 11.6. The first-order valence-electron chi connectivity index (χ1n) is 11.6. The quantitative estimate of drug-likeness (QED) is 0.377. The summed E-state index contributed by atoms with van der Waals surface area (Å²) in [6.07, 6.45) is 11.2. The second-order valence-corrected chi connectivity index (χ2v) is 8.67. The topological polar surface area (TPSA) is 153 Å². The molecular formula is C22H28N10O2. The van der Waals surface area contributed by atoms with E-state index in [9.17, 15) is 4.79 Å². The maximum Gasteiger partial charge on any atom is 0.182 e. The lowest BCUT2D eigenvalue weighted by molar-refractivity contribution is -0.111. The van der Waals surface area contributed by atoms with Crippen LogP contribution in [0.2, 0.25) is 0 Å². The third-order valence-electron chi connectivity index (χ3n) is 6.61. The number of fused-ring (bicyclic) bond motifs is 2. The van der Waals surface area contributed by atoms with Crippen LogP contribution in [-0.2, 0) is 4.79 Å². The van der Waals surface area contributed by atoms with E-state index in [4.69, 9.17) is 5.11 Å². The van der Waals surface area contributed by atoms with E-state index in [-0.39, 0.29) is 12.5 Å². The zero-order valence-electron chi connectivity index (χ0n) is 18.8. The van der Waals surface area contributed by atoms with Crippen LogP contribution in [0.3, 0.4) is 0 Å². The van der Waals surface area contributed by atoms with E-state index in [0.29, 0.717) is 17.2 Å². The minimum absolute atomic E-state index is 0.199. The van der Waals surface area contributed by atoms with Crippen LogP contribution in [0.5, 0.6) is 0 Å². The first-order chi connectivity index (χ1) is 16.8. The summed E-state index contributed by atoms with van der Waals surface area (Å²) in [5.74, 6) is 2.44. The number of rotatable bonds is 4. The van der Waals surface area contributed by atoms with Crippen molar-refractivity contribution >= 4 is 40.2 Å². The van der Waals surface area contributed by atoms with E-state index >= 15 is 0 Å². The van der Waals surface area contributed by atoms with Crippen LogP contribution < -0.4 is 9.80 Å². The van der Waals surface area contributed by atoms with Gasteiger partial charge in [-0.2, -0.15) is 0 Å². The molecule has 0 saturated carbocycles. The summed E-state index contributed by atoms with van der Waals surface area (Å²) < 4.78 is 0. The monoisotopic (exact) mass is 464 g/mol. The van der Waals surface area contributed by atoms with E-state index in [2.05, 4.69) is 49.7 Å². The Hall–Kier alpha value is -3.67. The van der Waals surface area contributed by atoms with E-state index in [0.717, 1.165) is 80.8 Å². The number of imidazole rings is 2. The molecule has 2 aliphatic rings. The van der Waals surface area contributed by atoms with Gasteiger partial charge in [0.05, 0.1) is 12.7 Å². The minimum atomic E-state index is 0.199. The number of nitrogens with one attached hydrogen (secondary N) is 2. The zero-order chi connectivity index (χ0) is 23.3. The van der Waals surface area contributed by atoms with Gasteiger partial charge in [-0.05, 0) is 31.6 Å². The van der Waals surface area contributed by atoms with Crippen LogP contribution in [-0.4, -0.2) is 84.1 Å². The number of aldehydes is 1. The van der Waals surface area contributed by atoms with Gasteiger partial charge in [0, 0.05) is 38.7 Å². The third kappa shape index (κ3) is 4.53. The molecule has 6 heterocycles. The third-order valence-corrected chi connectivity index (χ3v) is 6.61. The number of aliphatic hydroxyl groups excluding tert-OH is 1. The Kier molecular flexibility index (Phi) is 6.56. The average Bonchev–Trinajstić information content (AvgIpc) is 3.59. The van der Waals surface area contributed by atoms with Gasteiger partial charge in [-0.3, -0.25) is 0 Å². The van der Waals surface area contributed by atoms with Gasteiger partial charge < -0.3 is 29.7 Å². The standard InChI is InChI=1S/C11H15N5O.C11H13N5O/c2*17-5-8-1-3-16(4-2-8)11-9-10(13-6-12-9)14-7-15-11/h6-8,17H,1-5H2,(H,12,13,14,15);5-8H,1-4H2,(H,12,13,14,15). The zero-order valence-corrected chi connectivity index (χ0v) is 18.8. The number of carbonyl (C=O) groups is 1. The van der Waals surface area contributed by atoms with Gasteiger partial charge in [0.1, 0.15) is 30.0 Å². The Balaban J connectivity index is 0.000000142. The molecule has 34 heavy (non-hydrogen) atoms. The van der Waals surface area contributed by atoms with Crippen molar-refractivity contribution in [2.24, 2.45) is 11.8 Å². The summed E-state index contributed by atoms with van der Waals surface area (Å²) in [6, 6.07) is 0. The highest BCUT2D eigenvalue weighted by molar-refractivity contribution is 5.83. The highest BCUT2D eigenvalue weighted by Crippen LogP contribution is 2.26. The summed E-state index contributed by atoms with van der Waals surface area (Å²) in [5.41, 5.74) is 3.17. The van der Waals surface area contributed by atoms with Crippen LogP contribution in [0.15, 0.2) is 25.3 Å². The Labute approximate surface area is 195 Å². The molecule has 2 fully saturated rings. The maximum atomic E-state index is 10.7. The van der Waals surface area contributed by atoms with E-state index in [1.807, 2.05) is 0 Å². The number of aliphatic hydroxyl groups is 1. The SMILES string of the molecule is O=CC1CCN(c2ncnc3nc[nH]c23)CC1.OCC1CCN(c2ncnc3nc[nH]c23)CC1. The molecule has 2 saturated heterocycles. The predicted molar refractivity (Wildman–Crippen MR) is 126 cm³/mol. The van der Waals surface area contributed by atoms with Crippen molar-refractivity contribution in [3.8, 4) is 0 Å². The molecule has 0 amide bonds. The normalized spacial score (nSPS) is 17.7. The molecule has 4 aromatic heterocycles. The number of anilines is 2. The lowest BCUT2D eigenvalue weighted by Gasteiger charge is -2.31. The van der Waals surface area contributed by atoms with Crippen molar-refractivity contribution in [1.29, 1.82) is 0 Å². The lowest BCUT2D eigenvalue weighted by Crippen LogP contribution is -2.35. The number of aromatic amines is 2. The summed E-state index contributed by atoms with van der Waals surface area (Å²) in [7, 11) is 0. The fraction of sp³-hybridized carbons (Fsp3) is 0.500. The maximum absolute atomic E-state index is 10.7. The lowest BCUT2D eigenvalue weighted by atomic mass is 9.98. The van der Waals surface area contributed by atoms with Crippen LogP contribution in [0.1, 0.15) is 25.7 Å². The molecule has 4 aromatic rings. The van der Waals surface area contributed by atoms with Gasteiger partial charge in [0.2, 0.25) is 0 Å². The number of aromatic nitrogens is 8. The molecule has 178 valence electrons. The van der Waals surface area contributed by atoms with E-state index in [1.54, 1.807) is 19.0 Å². The van der Waals surface area contributed by atoms with Gasteiger partial charge in [-0.1, -0.05) is 0 Å². The highest BCUT2D eigenvalue weighted by atomic mass is 16.3. The first kappa shape index (κ1) is 22.1. The van der Waals surface area contributed by atoms with Gasteiger partial charge in [0.15, 0.2) is 22.9 Å². The largest absolute Gasteiger partial charge is 0.396 e. The molecule has 0 aliphatic carbocycles. The van der Waals surface area contributed by atoms with Crippen molar-refractivity contribution in [1.82, 2.24) is 39.9 Å². The van der Waals surface area contributed by atoms with Crippen LogP contribution in [0, 0.1) is 11.8 Å². The number of nitrogens with zero attached hydrogens (tertiary/aromatic N) is 8. The van der Waals surface area contributed by atoms with Crippen LogP contribution in [0.25, 0.3) is 22.3 Å². The Morgan fingerprint density at radius 2 is 1.29 bits per heavy atom. The van der Waals surface area contributed by atoms with Crippen molar-refractivity contribution in [2.45, 2.75) is 25.7 Å². The Morgan fingerprint density at radius 1 is 0.794 bits per heavy atom. The molecule has 0 aromatic carbocycles. The van der Waals surface area contributed by atoms with Gasteiger partial charge >= 0.3 is 0 Å². The molecule has 12 nitrogen and oxygen atoms in total. The molecule has 6 rings (SSSR count). The summed E-state index contributed by atoms with van der Waals surface area (Å²) in [5, 5.41) is 9.13. The van der Waals surface area contributed by atoms with Crippen LogP contribution >= 0.6 is 0 Å². The Bertz CT molecular complexity index is 1220.